The molecule has 11 heteroatoms. The van der Waals surface area contributed by atoms with Gasteiger partial charge in [-0.25, -0.2) is 17.9 Å². The fourth-order valence-corrected chi connectivity index (χ4v) is 5.90. The summed E-state index contributed by atoms with van der Waals surface area (Å²) in [6.45, 7) is 4.97. The number of hydrogen-bond acceptors (Lipinski definition) is 8. The highest BCUT2D eigenvalue weighted by atomic mass is 32.2. The molecule has 0 bridgehead atoms. The molecular weight excluding hydrogens is 538 g/mol. The molecule has 40 heavy (non-hydrogen) atoms. The van der Waals surface area contributed by atoms with Crippen molar-refractivity contribution < 1.29 is 23.0 Å². The first kappa shape index (κ1) is 28.1. The van der Waals surface area contributed by atoms with Crippen LogP contribution in [0.15, 0.2) is 53.5 Å². The van der Waals surface area contributed by atoms with Gasteiger partial charge in [0.2, 0.25) is 5.75 Å². The van der Waals surface area contributed by atoms with E-state index in [0.29, 0.717) is 30.9 Å². The maximum Gasteiger partial charge on any atom is 0.338 e. The quantitative estimate of drug-likeness (QED) is 0.264. The van der Waals surface area contributed by atoms with E-state index < -0.39 is 17.2 Å². The Morgan fingerprint density at radius 3 is 2.35 bits per heavy atom. The molecule has 3 aromatic rings. The number of halogens is 2. The van der Waals surface area contributed by atoms with Crippen molar-refractivity contribution in [2.75, 3.05) is 37.7 Å². The van der Waals surface area contributed by atoms with Crippen LogP contribution in [0.5, 0.6) is 5.75 Å². The highest BCUT2D eigenvalue weighted by Gasteiger charge is 2.27. The first-order chi connectivity index (χ1) is 19.4. The zero-order chi connectivity index (χ0) is 28.1. The summed E-state index contributed by atoms with van der Waals surface area (Å²) in [5, 5.41) is 4.26. The van der Waals surface area contributed by atoms with Gasteiger partial charge in [0.25, 0.3) is 0 Å². The molecule has 0 amide bonds. The maximum absolute atomic E-state index is 13.9. The third-order valence-electron chi connectivity index (χ3n) is 7.05. The van der Waals surface area contributed by atoms with Gasteiger partial charge < -0.3 is 14.4 Å². The molecule has 212 valence electrons. The van der Waals surface area contributed by atoms with Gasteiger partial charge in [-0.05, 0) is 62.4 Å². The van der Waals surface area contributed by atoms with Crippen LogP contribution in [-0.4, -0.2) is 58.9 Å². The fraction of sp³-hybridized carbons (Fsp3) is 0.414. The molecule has 2 heterocycles. The van der Waals surface area contributed by atoms with Gasteiger partial charge in [-0.15, -0.1) is 0 Å². The third-order valence-corrected chi connectivity index (χ3v) is 8.24. The predicted octanol–water partition coefficient (Wildman–Crippen LogP) is 4.98. The van der Waals surface area contributed by atoms with Crippen LogP contribution < -0.4 is 15.2 Å². The van der Waals surface area contributed by atoms with Gasteiger partial charge in [0.05, 0.1) is 30.2 Å². The molecule has 2 fully saturated rings. The van der Waals surface area contributed by atoms with Crippen molar-refractivity contribution in [1.29, 1.82) is 0 Å². The molecule has 2 aliphatic rings. The number of anilines is 1. The van der Waals surface area contributed by atoms with E-state index in [9.17, 15) is 18.4 Å². The van der Waals surface area contributed by atoms with E-state index in [4.69, 9.17) is 9.47 Å². The van der Waals surface area contributed by atoms with Crippen LogP contribution in [-0.2, 0) is 10.5 Å². The number of carbonyl (C=O) groups excluding carboxylic acids is 1. The van der Waals surface area contributed by atoms with Crippen molar-refractivity contribution in [1.82, 2.24) is 14.1 Å². The molecular formula is C29H32F2N4O4S. The molecule has 0 unspecified atom stereocenters. The molecule has 1 saturated heterocycles. The van der Waals surface area contributed by atoms with Gasteiger partial charge in [0, 0.05) is 38.0 Å². The van der Waals surface area contributed by atoms with Crippen LogP contribution in [0.2, 0.25) is 0 Å². The maximum atomic E-state index is 13.9. The van der Waals surface area contributed by atoms with E-state index in [1.807, 2.05) is 12.1 Å². The van der Waals surface area contributed by atoms with Gasteiger partial charge in [0.15, 0.2) is 0 Å². The van der Waals surface area contributed by atoms with Crippen molar-refractivity contribution in [3.63, 3.8) is 0 Å². The van der Waals surface area contributed by atoms with Gasteiger partial charge in [-0.2, -0.15) is 9.78 Å². The van der Waals surface area contributed by atoms with Crippen LogP contribution in [0.1, 0.15) is 48.5 Å². The Kier molecular flexibility index (Phi) is 9.01. The minimum absolute atomic E-state index is 0.0156. The highest BCUT2D eigenvalue weighted by molar-refractivity contribution is 7.96. The Balaban J connectivity index is 1.27. The molecule has 2 aromatic carbocycles. The molecule has 0 radical (unpaired) electrons. The lowest BCUT2D eigenvalue weighted by Crippen LogP contribution is -2.44. The molecule has 1 saturated carbocycles. The van der Waals surface area contributed by atoms with Crippen LogP contribution in [0.4, 0.5) is 14.5 Å². The number of benzene rings is 2. The number of ether oxygens (including phenoxy) is 2. The summed E-state index contributed by atoms with van der Waals surface area (Å²) in [5.74, 6) is -0.945. The Morgan fingerprint density at radius 1 is 1.02 bits per heavy atom. The SMILES string of the molecule is CCOC(=O)c1ccc(CSN2CCN(c3cnn(-c4cc(F)cc(F)c4)c(=O)c3OC3CCCC3)CC2)cc1. The van der Waals surface area contributed by atoms with Crippen LogP contribution in [0.3, 0.4) is 0 Å². The Labute approximate surface area is 236 Å². The number of piperazine rings is 1. The van der Waals surface area contributed by atoms with E-state index in [2.05, 4.69) is 14.3 Å². The van der Waals surface area contributed by atoms with E-state index in [-0.39, 0.29) is 23.5 Å². The molecule has 0 atom stereocenters. The Morgan fingerprint density at radius 2 is 1.70 bits per heavy atom. The summed E-state index contributed by atoms with van der Waals surface area (Å²) < 4.78 is 42.3. The van der Waals surface area contributed by atoms with E-state index >= 15 is 0 Å². The summed E-state index contributed by atoms with van der Waals surface area (Å²) in [7, 11) is 0. The third kappa shape index (κ3) is 6.64. The topological polar surface area (TPSA) is 76.9 Å². The largest absolute Gasteiger partial charge is 0.483 e. The molecule has 0 spiro atoms. The Hall–Kier alpha value is -3.44. The van der Waals surface area contributed by atoms with Crippen LogP contribution in [0, 0.1) is 11.6 Å². The minimum Gasteiger partial charge on any atom is -0.483 e. The lowest BCUT2D eigenvalue weighted by atomic mass is 10.1. The first-order valence-electron chi connectivity index (χ1n) is 13.6. The highest BCUT2D eigenvalue weighted by Crippen LogP contribution is 2.31. The van der Waals surface area contributed by atoms with E-state index in [1.165, 1.54) is 0 Å². The summed E-state index contributed by atoms with van der Waals surface area (Å²) in [4.78, 5) is 27.5. The fourth-order valence-electron chi connectivity index (χ4n) is 4.96. The number of rotatable bonds is 9. The van der Waals surface area contributed by atoms with E-state index in [1.54, 1.807) is 37.2 Å². The molecule has 5 rings (SSSR count). The monoisotopic (exact) mass is 570 g/mol. The van der Waals surface area contributed by atoms with Gasteiger partial charge in [-0.1, -0.05) is 24.1 Å². The molecule has 1 aromatic heterocycles. The normalized spacial score (nSPS) is 16.3. The molecule has 1 aliphatic carbocycles. The average Bonchev–Trinajstić information content (AvgIpc) is 3.46. The summed E-state index contributed by atoms with van der Waals surface area (Å²) in [6, 6.07) is 10.4. The van der Waals surface area contributed by atoms with E-state index in [0.717, 1.165) is 73.0 Å². The second kappa shape index (κ2) is 12.8. The Bertz CT molecular complexity index is 1370. The van der Waals surface area contributed by atoms with Gasteiger partial charge >= 0.3 is 11.5 Å². The summed E-state index contributed by atoms with van der Waals surface area (Å²) >= 11 is 1.71. The van der Waals surface area contributed by atoms with Crippen molar-refractivity contribution in [2.24, 2.45) is 0 Å². The number of hydrogen-bond donors (Lipinski definition) is 0. The molecule has 8 nitrogen and oxygen atoms in total. The van der Waals surface area contributed by atoms with Crippen molar-refractivity contribution in [3.8, 4) is 11.4 Å². The average molecular weight is 571 g/mol. The smallest absolute Gasteiger partial charge is 0.338 e. The standard InChI is InChI=1S/C29H32F2N4O4S/c1-2-38-29(37)21-9-7-20(8-10-21)19-40-34-13-11-33(12-14-34)26-18-32-35(24-16-22(30)15-23(31)17-24)28(36)27(26)39-25-5-3-4-6-25/h7-10,15-18,25H,2-6,11-14,19H2,1H3. The van der Waals surface area contributed by atoms with Crippen molar-refractivity contribution >= 4 is 23.6 Å². The number of esters is 1. The zero-order valence-corrected chi connectivity index (χ0v) is 23.2. The minimum atomic E-state index is -0.783. The van der Waals surface area contributed by atoms with Gasteiger partial charge in [0.1, 0.15) is 17.3 Å². The van der Waals surface area contributed by atoms with Gasteiger partial charge in [-0.3, -0.25) is 4.79 Å². The number of aromatic nitrogens is 2. The lowest BCUT2D eigenvalue weighted by Gasteiger charge is -2.36. The number of carbonyl (C=O) groups is 1. The van der Waals surface area contributed by atoms with Crippen LogP contribution >= 0.6 is 11.9 Å². The van der Waals surface area contributed by atoms with Crippen LogP contribution in [0.25, 0.3) is 5.69 Å². The second-order valence-corrected chi connectivity index (χ2v) is 10.9. The molecule has 1 aliphatic heterocycles. The first-order valence-corrected chi connectivity index (χ1v) is 14.5. The summed E-state index contributed by atoms with van der Waals surface area (Å²) in [6.07, 6.45) is 5.29. The predicted molar refractivity (Wildman–Crippen MR) is 150 cm³/mol. The zero-order valence-electron chi connectivity index (χ0n) is 22.4. The second-order valence-electron chi connectivity index (χ2n) is 9.83. The summed E-state index contributed by atoms with van der Waals surface area (Å²) in [5.41, 5.74) is 1.73. The number of nitrogens with zero attached hydrogens (tertiary/aromatic N) is 4. The van der Waals surface area contributed by atoms with Crippen molar-refractivity contribution in [2.45, 2.75) is 44.5 Å². The molecule has 0 N–H and O–H groups in total. The van der Waals surface area contributed by atoms with Crippen molar-refractivity contribution in [3.05, 3.63) is 81.8 Å². The lowest BCUT2D eigenvalue weighted by molar-refractivity contribution is 0.0526.